The van der Waals surface area contributed by atoms with Gasteiger partial charge in [-0.15, -0.1) is 0 Å². The molecule has 1 spiro atoms. The van der Waals surface area contributed by atoms with Crippen molar-refractivity contribution in [2.75, 3.05) is 0 Å². The summed E-state index contributed by atoms with van der Waals surface area (Å²) in [6.45, 7) is 0.339. The summed E-state index contributed by atoms with van der Waals surface area (Å²) in [6.07, 6.45) is 12.8. The number of aromatic nitrogens is 5. The highest BCUT2D eigenvalue weighted by atomic mass is 35.5. The van der Waals surface area contributed by atoms with Crippen molar-refractivity contribution in [1.82, 2.24) is 25.3 Å². The largest absolute Gasteiger partial charge is 0.477 e. The minimum Gasteiger partial charge on any atom is -0.477 e. The summed E-state index contributed by atoms with van der Waals surface area (Å²) < 4.78 is 24.6. The van der Waals surface area contributed by atoms with E-state index in [0.717, 1.165) is 75.5 Å². The van der Waals surface area contributed by atoms with Crippen LogP contribution in [0.15, 0.2) is 33.6 Å². The minimum absolute atomic E-state index is 0.0714. The first-order chi connectivity index (χ1) is 21.8. The van der Waals surface area contributed by atoms with Crippen molar-refractivity contribution >= 4 is 29.2 Å². The van der Waals surface area contributed by atoms with Gasteiger partial charge in [0.15, 0.2) is 5.69 Å². The van der Waals surface area contributed by atoms with Crippen LogP contribution >= 0.6 is 23.2 Å². The Bertz CT molecular complexity index is 1850. The average molecular weight is 651 g/mol. The van der Waals surface area contributed by atoms with E-state index in [4.69, 9.17) is 46.7 Å². The van der Waals surface area contributed by atoms with Gasteiger partial charge in [-0.2, -0.15) is 4.98 Å². The molecule has 0 aliphatic heterocycles. The summed E-state index contributed by atoms with van der Waals surface area (Å²) in [5.41, 5.74) is 1.77. The normalized spacial score (nSPS) is 28.2. The summed E-state index contributed by atoms with van der Waals surface area (Å²) in [6, 6.07) is 3.15. The summed E-state index contributed by atoms with van der Waals surface area (Å²) >= 11 is 13.1. The third kappa shape index (κ3) is 4.06. The standard InChI is InChI=1S/C32H29Cl2N5O6/c33-20-13-35-14-21(34)24(20)25-19(26(44-38-25)16-1-2-16)15-42-32-9-6-30(5-7-31(30,32)8-10-32)29-37-27(39-45-29)17-11-22(28(40)41)36-23(12-17)43-18-3-4-18/h11-14,16,18H,1-10,15H2,(H,40,41). The highest BCUT2D eigenvalue weighted by Crippen LogP contribution is 2.79. The molecule has 1 N–H and O–H groups in total. The summed E-state index contributed by atoms with van der Waals surface area (Å²) in [5.74, 6) is 1.22. The molecule has 0 saturated heterocycles. The molecular formula is C32H29Cl2N5O6. The lowest BCUT2D eigenvalue weighted by Gasteiger charge is -2.67. The van der Waals surface area contributed by atoms with Gasteiger partial charge >= 0.3 is 5.97 Å². The number of halogens is 2. The maximum Gasteiger partial charge on any atom is 0.354 e. The minimum atomic E-state index is -1.14. The number of carboxylic acids is 1. The van der Waals surface area contributed by atoms with Crippen LogP contribution in [-0.4, -0.2) is 48.0 Å². The van der Waals surface area contributed by atoms with Crippen LogP contribution < -0.4 is 4.74 Å². The number of pyridine rings is 2. The molecule has 45 heavy (non-hydrogen) atoms. The highest BCUT2D eigenvalue weighted by molar-refractivity contribution is 6.38. The second-order valence-corrected chi connectivity index (χ2v) is 14.0. The van der Waals surface area contributed by atoms with Crippen molar-refractivity contribution < 1.29 is 28.4 Å². The Kier molecular flexibility index (Phi) is 6.00. The molecule has 5 fully saturated rings. The van der Waals surface area contributed by atoms with E-state index in [2.05, 4.69) is 20.3 Å². The Balaban J connectivity index is 1.01. The molecular weight excluding hydrogens is 621 g/mol. The SMILES string of the molecule is O=C(O)c1cc(-c2noc(C34CCC5(OCc6c(-c7c(Cl)cncc7Cl)noc6C6CC6)CCC53CC4)n2)cc(OC2CC2)n1. The van der Waals surface area contributed by atoms with Crippen molar-refractivity contribution in [3.63, 3.8) is 0 Å². The third-order valence-electron chi connectivity index (χ3n) is 11.0. The predicted molar refractivity (Wildman–Crippen MR) is 159 cm³/mol. The fourth-order valence-electron chi connectivity index (χ4n) is 8.18. The summed E-state index contributed by atoms with van der Waals surface area (Å²) in [4.78, 5) is 24.9. The lowest BCUT2D eigenvalue weighted by molar-refractivity contribution is -0.249. The maximum absolute atomic E-state index is 11.8. The van der Waals surface area contributed by atoms with Gasteiger partial charge in [0.05, 0.1) is 27.7 Å². The Morgan fingerprint density at radius 1 is 0.956 bits per heavy atom. The summed E-state index contributed by atoms with van der Waals surface area (Å²) in [5, 5.41) is 19.2. The fourth-order valence-corrected chi connectivity index (χ4v) is 8.72. The van der Waals surface area contributed by atoms with Gasteiger partial charge in [-0.3, -0.25) is 4.98 Å². The second kappa shape index (κ2) is 9.73. The van der Waals surface area contributed by atoms with Gasteiger partial charge in [0, 0.05) is 46.5 Å². The van der Waals surface area contributed by atoms with Crippen LogP contribution in [0.3, 0.4) is 0 Å². The van der Waals surface area contributed by atoms with Gasteiger partial charge in [0.25, 0.3) is 0 Å². The van der Waals surface area contributed by atoms with E-state index in [1.54, 1.807) is 18.5 Å². The first kappa shape index (κ1) is 27.7. The molecule has 5 aliphatic rings. The molecule has 4 heterocycles. The van der Waals surface area contributed by atoms with Crippen molar-refractivity contribution in [2.24, 2.45) is 5.41 Å². The Morgan fingerprint density at radius 3 is 2.38 bits per heavy atom. The van der Waals surface area contributed by atoms with E-state index in [-0.39, 0.29) is 34.1 Å². The highest BCUT2D eigenvalue weighted by Gasteiger charge is 2.80. The molecule has 4 aromatic heterocycles. The second-order valence-electron chi connectivity index (χ2n) is 13.2. The van der Waals surface area contributed by atoms with Crippen LogP contribution in [0, 0.1) is 5.41 Å². The number of hydrogen-bond donors (Lipinski definition) is 1. The zero-order valence-electron chi connectivity index (χ0n) is 24.2. The van der Waals surface area contributed by atoms with Crippen molar-refractivity contribution in [1.29, 1.82) is 0 Å². The molecule has 4 aromatic rings. The van der Waals surface area contributed by atoms with Crippen LogP contribution in [0.1, 0.15) is 97.8 Å². The van der Waals surface area contributed by atoms with Gasteiger partial charge in [0.1, 0.15) is 17.6 Å². The molecule has 0 amide bonds. The summed E-state index contributed by atoms with van der Waals surface area (Å²) in [7, 11) is 0. The zero-order chi connectivity index (χ0) is 30.6. The Morgan fingerprint density at radius 2 is 1.71 bits per heavy atom. The lowest BCUT2D eigenvalue weighted by Crippen LogP contribution is -2.68. The molecule has 5 saturated carbocycles. The number of ether oxygens (including phenoxy) is 2. The molecule has 0 radical (unpaired) electrons. The van der Waals surface area contributed by atoms with Gasteiger partial charge in [-0.1, -0.05) is 33.5 Å². The molecule has 9 rings (SSSR count). The van der Waals surface area contributed by atoms with E-state index in [1.165, 1.54) is 6.07 Å². The van der Waals surface area contributed by atoms with Crippen LogP contribution in [0.2, 0.25) is 10.0 Å². The van der Waals surface area contributed by atoms with Gasteiger partial charge < -0.3 is 23.6 Å². The van der Waals surface area contributed by atoms with E-state index >= 15 is 0 Å². The van der Waals surface area contributed by atoms with Crippen molar-refractivity contribution in [3.05, 3.63) is 57.5 Å². The Hall–Kier alpha value is -3.54. The van der Waals surface area contributed by atoms with Crippen LogP contribution in [-0.2, 0) is 16.8 Å². The molecule has 3 unspecified atom stereocenters. The van der Waals surface area contributed by atoms with Gasteiger partial charge in [-0.05, 0) is 70.3 Å². The Labute approximate surface area is 267 Å². The quantitative estimate of drug-likeness (QED) is 0.186. The zero-order valence-corrected chi connectivity index (χ0v) is 25.7. The van der Waals surface area contributed by atoms with E-state index in [1.807, 2.05) is 0 Å². The number of rotatable bonds is 10. The molecule has 13 heteroatoms. The first-order valence-corrected chi connectivity index (χ1v) is 16.3. The van der Waals surface area contributed by atoms with Crippen LogP contribution in [0.25, 0.3) is 22.6 Å². The first-order valence-electron chi connectivity index (χ1n) is 15.5. The van der Waals surface area contributed by atoms with Crippen molar-refractivity contribution in [3.8, 4) is 28.5 Å². The number of hydrogen-bond acceptors (Lipinski definition) is 10. The smallest absolute Gasteiger partial charge is 0.354 e. The molecule has 3 atom stereocenters. The van der Waals surface area contributed by atoms with E-state index in [9.17, 15) is 9.90 Å². The van der Waals surface area contributed by atoms with Gasteiger partial charge in [-0.25, -0.2) is 9.78 Å². The predicted octanol–water partition coefficient (Wildman–Crippen LogP) is 7.17. The molecule has 11 nitrogen and oxygen atoms in total. The fraction of sp³-hybridized carbons (Fsp3) is 0.500. The molecule has 5 aliphatic carbocycles. The van der Waals surface area contributed by atoms with Crippen LogP contribution in [0.5, 0.6) is 5.88 Å². The average Bonchev–Trinajstić information content (AvgIpc) is 3.91. The van der Waals surface area contributed by atoms with Crippen LogP contribution in [0.4, 0.5) is 0 Å². The molecule has 0 bridgehead atoms. The molecule has 232 valence electrons. The molecule has 0 aromatic carbocycles. The number of aromatic carboxylic acids is 1. The topological polar surface area (TPSA) is 146 Å². The number of nitrogens with zero attached hydrogens (tertiary/aromatic N) is 5. The lowest BCUT2D eigenvalue weighted by atomic mass is 9.39. The monoisotopic (exact) mass is 649 g/mol. The number of carbonyl (C=O) groups is 1. The number of carboxylic acid groups (broad SMARTS) is 1. The van der Waals surface area contributed by atoms with E-state index < -0.39 is 5.97 Å². The maximum atomic E-state index is 11.8. The van der Waals surface area contributed by atoms with E-state index in [0.29, 0.717) is 51.1 Å². The van der Waals surface area contributed by atoms with Gasteiger partial charge in [0.2, 0.25) is 17.6 Å². The third-order valence-corrected chi connectivity index (χ3v) is 11.5. The van der Waals surface area contributed by atoms with Crippen molar-refractivity contribution in [2.45, 2.75) is 93.9 Å².